The monoisotopic (exact) mass is 460 g/mol. The molecule has 0 fully saturated rings. The average molecular weight is 460 g/mol. The fourth-order valence-electron chi connectivity index (χ4n) is 4.58. The van der Waals surface area contributed by atoms with Gasteiger partial charge >= 0.3 is 12.1 Å². The number of fused-ring (bicyclic) bond motifs is 2. The number of carbonyl (C=O) groups is 1. The Morgan fingerprint density at radius 3 is 2.35 bits per heavy atom. The third kappa shape index (κ3) is 3.41. The first-order chi connectivity index (χ1) is 16.2. The van der Waals surface area contributed by atoms with Crippen LogP contribution in [0.2, 0.25) is 0 Å². The zero-order valence-corrected chi connectivity index (χ0v) is 18.3. The number of aromatic carboxylic acids is 1. The Morgan fingerprint density at radius 1 is 0.941 bits per heavy atom. The molecule has 0 aliphatic heterocycles. The molecule has 34 heavy (non-hydrogen) atoms. The molecular formula is C27H19F3N2O2. The van der Waals surface area contributed by atoms with E-state index < -0.39 is 17.7 Å². The van der Waals surface area contributed by atoms with Crippen molar-refractivity contribution in [3.8, 4) is 22.4 Å². The van der Waals surface area contributed by atoms with E-state index in [1.807, 2.05) is 66.3 Å². The Kier molecular flexibility index (Phi) is 4.93. The summed E-state index contributed by atoms with van der Waals surface area (Å²) in [4.78, 5) is 16.8. The Bertz CT molecular complexity index is 1590. The highest BCUT2D eigenvalue weighted by atomic mass is 19.4. The Balaban J connectivity index is 1.81. The number of para-hydroxylation sites is 1. The molecule has 2 heterocycles. The largest absolute Gasteiger partial charge is 0.478 e. The van der Waals surface area contributed by atoms with Gasteiger partial charge in [0.1, 0.15) is 0 Å². The number of alkyl halides is 3. The van der Waals surface area contributed by atoms with Crippen LogP contribution in [-0.2, 0) is 13.2 Å². The number of nitrogens with zero attached hydrogens (tertiary/aromatic N) is 2. The van der Waals surface area contributed by atoms with Crippen molar-refractivity contribution in [2.45, 2.75) is 13.1 Å². The average Bonchev–Trinajstić information content (AvgIpc) is 3.14. The second kappa shape index (κ2) is 7.73. The lowest BCUT2D eigenvalue weighted by Gasteiger charge is -2.14. The molecule has 0 unspecified atom stereocenters. The van der Waals surface area contributed by atoms with Crippen molar-refractivity contribution in [1.82, 2.24) is 9.55 Å². The lowest BCUT2D eigenvalue weighted by atomic mass is 9.95. The van der Waals surface area contributed by atoms with Crippen LogP contribution in [0.3, 0.4) is 0 Å². The molecule has 7 heteroatoms. The van der Waals surface area contributed by atoms with Crippen molar-refractivity contribution in [3.63, 3.8) is 0 Å². The summed E-state index contributed by atoms with van der Waals surface area (Å²) in [5, 5.41) is 10.8. The molecule has 3 aromatic carbocycles. The smallest absolute Gasteiger partial charge is 0.416 e. The van der Waals surface area contributed by atoms with Gasteiger partial charge in [-0.1, -0.05) is 48.5 Å². The van der Waals surface area contributed by atoms with Crippen molar-refractivity contribution in [1.29, 1.82) is 0 Å². The van der Waals surface area contributed by atoms with E-state index in [0.717, 1.165) is 39.7 Å². The summed E-state index contributed by atoms with van der Waals surface area (Å²) in [5.74, 6) is -1.30. The molecule has 5 aromatic rings. The van der Waals surface area contributed by atoms with Crippen molar-refractivity contribution >= 4 is 27.8 Å². The number of carboxylic acids is 1. The van der Waals surface area contributed by atoms with E-state index in [-0.39, 0.29) is 16.5 Å². The summed E-state index contributed by atoms with van der Waals surface area (Å²) in [5.41, 5.74) is 3.58. The van der Waals surface area contributed by atoms with Crippen LogP contribution >= 0.6 is 0 Å². The fourth-order valence-corrected chi connectivity index (χ4v) is 4.58. The maximum atomic E-state index is 13.3. The summed E-state index contributed by atoms with van der Waals surface area (Å²) in [6.45, 7) is 1.59. The SMILES string of the molecule is Cc1c(-c2cn(C)c3c(-c4ccccc4)cccc23)nc2ccc(C(F)(F)F)cc2c1C(=O)O. The first kappa shape index (κ1) is 21.7. The molecular weight excluding hydrogens is 441 g/mol. The van der Waals surface area contributed by atoms with Gasteiger partial charge in [0, 0.05) is 35.1 Å². The first-order valence-corrected chi connectivity index (χ1v) is 10.6. The van der Waals surface area contributed by atoms with Crippen LogP contribution in [0.25, 0.3) is 44.2 Å². The zero-order valence-electron chi connectivity index (χ0n) is 18.3. The van der Waals surface area contributed by atoms with Gasteiger partial charge in [0.05, 0.1) is 27.9 Å². The highest BCUT2D eigenvalue weighted by Gasteiger charge is 2.31. The standard InChI is InChI=1S/C27H19F3N2O2/c1-15-23(26(33)34)20-13-17(27(28,29)30)11-12-22(20)31-24(15)21-14-32(2)25-18(9-6-10-19(21)25)16-7-4-3-5-8-16/h3-14H,1-2H3,(H,33,34). The molecule has 0 atom stereocenters. The van der Waals surface area contributed by atoms with Gasteiger partial charge in [0.15, 0.2) is 0 Å². The molecule has 1 N–H and O–H groups in total. The van der Waals surface area contributed by atoms with E-state index in [0.29, 0.717) is 11.3 Å². The number of carboxylic acid groups (broad SMARTS) is 1. The van der Waals surface area contributed by atoms with Crippen LogP contribution in [-0.4, -0.2) is 20.6 Å². The molecule has 0 aliphatic carbocycles. The highest BCUT2D eigenvalue weighted by molar-refractivity contribution is 6.09. The normalized spacial score (nSPS) is 11.9. The zero-order chi connectivity index (χ0) is 24.2. The molecule has 0 amide bonds. The van der Waals surface area contributed by atoms with E-state index >= 15 is 0 Å². The minimum atomic E-state index is -4.58. The number of aromatic nitrogens is 2. The highest BCUT2D eigenvalue weighted by Crippen LogP contribution is 2.39. The second-order valence-electron chi connectivity index (χ2n) is 8.22. The number of rotatable bonds is 3. The Morgan fingerprint density at radius 2 is 1.68 bits per heavy atom. The predicted octanol–water partition coefficient (Wildman–Crippen LogP) is 7.09. The van der Waals surface area contributed by atoms with Gasteiger partial charge in [-0.25, -0.2) is 9.78 Å². The second-order valence-corrected chi connectivity index (χ2v) is 8.22. The van der Waals surface area contributed by atoms with Crippen molar-refractivity contribution < 1.29 is 23.1 Å². The lowest BCUT2D eigenvalue weighted by Crippen LogP contribution is -2.08. The van der Waals surface area contributed by atoms with E-state index in [1.165, 1.54) is 6.07 Å². The predicted molar refractivity (Wildman–Crippen MR) is 126 cm³/mol. The summed E-state index contributed by atoms with van der Waals surface area (Å²) in [6, 6.07) is 18.8. The summed E-state index contributed by atoms with van der Waals surface area (Å²) < 4.78 is 41.8. The van der Waals surface area contributed by atoms with E-state index in [1.54, 1.807) is 6.92 Å². The maximum absolute atomic E-state index is 13.3. The van der Waals surface area contributed by atoms with E-state index in [9.17, 15) is 23.1 Å². The van der Waals surface area contributed by atoms with Crippen molar-refractivity contribution in [2.75, 3.05) is 0 Å². The molecule has 4 nitrogen and oxygen atoms in total. The minimum Gasteiger partial charge on any atom is -0.478 e. The van der Waals surface area contributed by atoms with Crippen LogP contribution < -0.4 is 0 Å². The molecule has 0 saturated carbocycles. The minimum absolute atomic E-state index is 0.0335. The van der Waals surface area contributed by atoms with Gasteiger partial charge in [-0.05, 0) is 36.2 Å². The topological polar surface area (TPSA) is 55.1 Å². The quantitative estimate of drug-likeness (QED) is 0.313. The molecule has 170 valence electrons. The number of benzene rings is 3. The molecule has 2 aromatic heterocycles. The van der Waals surface area contributed by atoms with Crippen molar-refractivity contribution in [3.05, 3.63) is 89.6 Å². The van der Waals surface area contributed by atoms with Gasteiger partial charge in [-0.15, -0.1) is 0 Å². The summed E-state index contributed by atoms with van der Waals surface area (Å²) >= 11 is 0. The lowest BCUT2D eigenvalue weighted by molar-refractivity contribution is -0.137. The van der Waals surface area contributed by atoms with Gasteiger partial charge < -0.3 is 9.67 Å². The summed E-state index contributed by atoms with van der Waals surface area (Å²) in [7, 11) is 1.91. The maximum Gasteiger partial charge on any atom is 0.416 e. The number of hydrogen-bond acceptors (Lipinski definition) is 2. The van der Waals surface area contributed by atoms with Crippen LogP contribution in [0, 0.1) is 6.92 Å². The number of pyridine rings is 1. The molecule has 0 aliphatic rings. The van der Waals surface area contributed by atoms with Gasteiger partial charge in [0.25, 0.3) is 0 Å². The van der Waals surface area contributed by atoms with Crippen LogP contribution in [0.15, 0.2) is 72.9 Å². The van der Waals surface area contributed by atoms with Crippen LogP contribution in [0.5, 0.6) is 0 Å². The van der Waals surface area contributed by atoms with Crippen LogP contribution in [0.1, 0.15) is 21.5 Å². The number of aryl methyl sites for hydroxylation is 1. The first-order valence-electron chi connectivity index (χ1n) is 10.6. The third-order valence-electron chi connectivity index (χ3n) is 6.11. The van der Waals surface area contributed by atoms with Gasteiger partial charge in [-0.3, -0.25) is 0 Å². The van der Waals surface area contributed by atoms with E-state index in [2.05, 4.69) is 4.98 Å². The Hall–Kier alpha value is -4.13. The van der Waals surface area contributed by atoms with Gasteiger partial charge in [-0.2, -0.15) is 13.2 Å². The molecule has 5 rings (SSSR count). The molecule has 0 spiro atoms. The summed E-state index contributed by atoms with van der Waals surface area (Å²) in [6.07, 6.45) is -2.70. The fraction of sp³-hybridized carbons (Fsp3) is 0.111. The molecule has 0 bridgehead atoms. The molecule has 0 radical (unpaired) electrons. The van der Waals surface area contributed by atoms with Crippen LogP contribution in [0.4, 0.5) is 13.2 Å². The van der Waals surface area contributed by atoms with Crippen molar-refractivity contribution in [2.24, 2.45) is 7.05 Å². The van der Waals surface area contributed by atoms with E-state index in [4.69, 9.17) is 0 Å². The molecule has 0 saturated heterocycles. The third-order valence-corrected chi connectivity index (χ3v) is 6.11. The number of hydrogen-bond donors (Lipinski definition) is 1. The Labute approximate surface area is 192 Å². The number of halogens is 3. The van der Waals surface area contributed by atoms with Gasteiger partial charge in [0.2, 0.25) is 0 Å².